The summed E-state index contributed by atoms with van der Waals surface area (Å²) in [5, 5.41) is 0. The first-order valence-corrected chi connectivity index (χ1v) is 7.18. The molecule has 2 aromatic rings. The Morgan fingerprint density at radius 2 is 1.48 bits per heavy atom. The van der Waals surface area contributed by atoms with E-state index in [4.69, 9.17) is 5.73 Å². The largest absolute Gasteiger partial charge is 0.366 e. The van der Waals surface area contributed by atoms with Gasteiger partial charge in [0.1, 0.15) is 17.3 Å². The lowest BCUT2D eigenvalue weighted by atomic mass is 10.0. The van der Waals surface area contributed by atoms with Crippen molar-refractivity contribution < 1.29 is 8.78 Å². The zero-order valence-electron chi connectivity index (χ0n) is 11.8. The monoisotopic (exact) mass is 288 g/mol. The van der Waals surface area contributed by atoms with Crippen LogP contribution in [0.3, 0.4) is 0 Å². The minimum absolute atomic E-state index is 0.0695. The van der Waals surface area contributed by atoms with Crippen molar-refractivity contribution in [2.45, 2.75) is 19.4 Å². The van der Waals surface area contributed by atoms with Crippen LogP contribution in [-0.2, 0) is 19.4 Å². The van der Waals surface area contributed by atoms with Crippen molar-refractivity contribution in [1.82, 2.24) is 0 Å². The molecular weight excluding hydrogens is 270 g/mol. The number of fused-ring (bicyclic) bond motifs is 1. The van der Waals surface area contributed by atoms with Gasteiger partial charge in [0.2, 0.25) is 0 Å². The zero-order chi connectivity index (χ0) is 14.8. The third-order valence-electron chi connectivity index (χ3n) is 4.05. The van der Waals surface area contributed by atoms with E-state index in [0.29, 0.717) is 18.7 Å². The van der Waals surface area contributed by atoms with Crippen molar-refractivity contribution in [3.05, 3.63) is 64.7 Å². The lowest BCUT2D eigenvalue weighted by molar-refractivity contribution is 0.568. The van der Waals surface area contributed by atoms with Crippen LogP contribution in [0.2, 0.25) is 0 Å². The average Bonchev–Trinajstić information content (AvgIpc) is 2.69. The first-order chi connectivity index (χ1) is 10.2. The topological polar surface area (TPSA) is 29.3 Å². The van der Waals surface area contributed by atoms with E-state index in [1.165, 1.54) is 23.3 Å². The summed E-state index contributed by atoms with van der Waals surface area (Å²) in [7, 11) is 0. The molecule has 2 N–H and O–H groups in total. The van der Waals surface area contributed by atoms with Gasteiger partial charge in [-0.2, -0.15) is 0 Å². The SMILES string of the molecule is NCc1cc(F)c(N2CCc3ccccc3CC2)c(F)c1. The van der Waals surface area contributed by atoms with Crippen molar-refractivity contribution in [3.8, 4) is 0 Å². The number of hydrogen-bond acceptors (Lipinski definition) is 2. The van der Waals surface area contributed by atoms with Gasteiger partial charge in [0.25, 0.3) is 0 Å². The van der Waals surface area contributed by atoms with Gasteiger partial charge in [-0.25, -0.2) is 8.78 Å². The Balaban J connectivity index is 1.89. The molecule has 0 saturated heterocycles. The molecule has 0 saturated carbocycles. The van der Waals surface area contributed by atoms with Crippen LogP contribution in [-0.4, -0.2) is 13.1 Å². The van der Waals surface area contributed by atoms with Crippen LogP contribution >= 0.6 is 0 Å². The predicted octanol–water partition coefficient (Wildman–Crippen LogP) is 3.03. The maximum atomic E-state index is 14.2. The number of nitrogens with two attached hydrogens (primary N) is 1. The van der Waals surface area contributed by atoms with Gasteiger partial charge in [-0.05, 0) is 41.7 Å². The van der Waals surface area contributed by atoms with Gasteiger partial charge in [-0.3, -0.25) is 0 Å². The molecule has 0 bridgehead atoms. The molecular formula is C17H18F2N2. The fraction of sp³-hybridized carbons (Fsp3) is 0.294. The van der Waals surface area contributed by atoms with Gasteiger partial charge in [0.05, 0.1) is 0 Å². The Kier molecular flexibility index (Phi) is 3.88. The van der Waals surface area contributed by atoms with Gasteiger partial charge >= 0.3 is 0 Å². The Bertz CT molecular complexity index is 605. The van der Waals surface area contributed by atoms with E-state index in [2.05, 4.69) is 12.1 Å². The molecule has 110 valence electrons. The minimum atomic E-state index is -0.526. The smallest absolute Gasteiger partial charge is 0.149 e. The summed E-state index contributed by atoms with van der Waals surface area (Å²) in [6.07, 6.45) is 1.60. The first kappa shape index (κ1) is 14.0. The Morgan fingerprint density at radius 1 is 0.952 bits per heavy atom. The molecule has 0 aliphatic carbocycles. The van der Waals surface area contributed by atoms with Gasteiger partial charge in [0, 0.05) is 19.6 Å². The highest BCUT2D eigenvalue weighted by Gasteiger charge is 2.20. The van der Waals surface area contributed by atoms with Crippen LogP contribution in [0.25, 0.3) is 0 Å². The second kappa shape index (κ2) is 5.82. The second-order valence-electron chi connectivity index (χ2n) is 5.37. The van der Waals surface area contributed by atoms with Crippen LogP contribution in [0.15, 0.2) is 36.4 Å². The molecule has 0 fully saturated rings. The normalized spacial score (nSPS) is 14.7. The molecule has 0 amide bonds. The fourth-order valence-electron chi connectivity index (χ4n) is 2.93. The summed E-state index contributed by atoms with van der Waals surface area (Å²) >= 11 is 0. The molecule has 2 aromatic carbocycles. The van der Waals surface area contributed by atoms with Crippen LogP contribution in [0.4, 0.5) is 14.5 Å². The van der Waals surface area contributed by atoms with E-state index >= 15 is 0 Å². The van der Waals surface area contributed by atoms with Crippen molar-refractivity contribution in [2.75, 3.05) is 18.0 Å². The highest BCUT2D eigenvalue weighted by Crippen LogP contribution is 2.27. The van der Waals surface area contributed by atoms with Crippen LogP contribution in [0, 0.1) is 11.6 Å². The molecule has 2 nitrogen and oxygen atoms in total. The lowest BCUT2D eigenvalue weighted by Gasteiger charge is -2.24. The van der Waals surface area contributed by atoms with Crippen molar-refractivity contribution in [3.63, 3.8) is 0 Å². The molecule has 0 unspecified atom stereocenters. The van der Waals surface area contributed by atoms with Gasteiger partial charge in [-0.1, -0.05) is 24.3 Å². The molecule has 1 heterocycles. The second-order valence-corrected chi connectivity index (χ2v) is 5.37. The predicted molar refractivity (Wildman–Crippen MR) is 80.3 cm³/mol. The summed E-state index contributed by atoms with van der Waals surface area (Å²) in [5.74, 6) is -1.05. The zero-order valence-corrected chi connectivity index (χ0v) is 11.8. The summed E-state index contributed by atoms with van der Waals surface area (Å²) in [4.78, 5) is 1.80. The van der Waals surface area contributed by atoms with Crippen LogP contribution < -0.4 is 10.6 Å². The van der Waals surface area contributed by atoms with E-state index in [0.717, 1.165) is 12.8 Å². The van der Waals surface area contributed by atoms with Crippen LogP contribution in [0.5, 0.6) is 0 Å². The average molecular weight is 288 g/mol. The minimum Gasteiger partial charge on any atom is -0.366 e. The molecule has 1 aliphatic rings. The van der Waals surface area contributed by atoms with E-state index < -0.39 is 11.6 Å². The van der Waals surface area contributed by atoms with Gasteiger partial charge in [0.15, 0.2) is 0 Å². The van der Waals surface area contributed by atoms with E-state index in [1.54, 1.807) is 4.90 Å². The molecule has 0 atom stereocenters. The van der Waals surface area contributed by atoms with Gasteiger partial charge in [-0.15, -0.1) is 0 Å². The van der Waals surface area contributed by atoms with Crippen LogP contribution in [0.1, 0.15) is 16.7 Å². The Labute approximate surface area is 123 Å². The van der Waals surface area contributed by atoms with E-state index in [1.807, 2.05) is 12.1 Å². The third-order valence-corrected chi connectivity index (χ3v) is 4.05. The number of hydrogen-bond donors (Lipinski definition) is 1. The maximum Gasteiger partial charge on any atom is 0.149 e. The third kappa shape index (κ3) is 2.76. The molecule has 1 aliphatic heterocycles. The standard InChI is InChI=1S/C17H18F2N2/c18-15-9-12(11-20)10-16(19)17(15)21-7-5-13-3-1-2-4-14(13)6-8-21/h1-4,9-10H,5-8,11,20H2. The number of anilines is 1. The van der Waals surface area contributed by atoms with Gasteiger partial charge < -0.3 is 10.6 Å². The number of rotatable bonds is 2. The van der Waals surface area contributed by atoms with Crippen molar-refractivity contribution in [2.24, 2.45) is 5.73 Å². The molecule has 0 radical (unpaired) electrons. The van der Waals surface area contributed by atoms with E-state index in [9.17, 15) is 8.78 Å². The van der Waals surface area contributed by atoms with E-state index in [-0.39, 0.29) is 12.2 Å². The molecule has 0 aromatic heterocycles. The van der Waals surface area contributed by atoms with Crippen molar-refractivity contribution in [1.29, 1.82) is 0 Å². The highest BCUT2D eigenvalue weighted by molar-refractivity contribution is 5.52. The quantitative estimate of drug-likeness (QED) is 0.920. The fourth-order valence-corrected chi connectivity index (χ4v) is 2.93. The molecule has 4 heteroatoms. The summed E-state index contributed by atoms with van der Waals surface area (Å²) < 4.78 is 28.4. The number of halogens is 2. The van der Waals surface area contributed by atoms with Crippen molar-refractivity contribution >= 4 is 5.69 Å². The number of benzene rings is 2. The Hall–Kier alpha value is -1.94. The first-order valence-electron chi connectivity index (χ1n) is 7.18. The summed E-state index contributed by atoms with van der Waals surface area (Å²) in [5.41, 5.74) is 8.53. The summed E-state index contributed by atoms with van der Waals surface area (Å²) in [6.45, 7) is 1.37. The summed E-state index contributed by atoms with van der Waals surface area (Å²) in [6, 6.07) is 10.8. The highest BCUT2D eigenvalue weighted by atomic mass is 19.1. The molecule has 3 rings (SSSR count). The lowest BCUT2D eigenvalue weighted by Crippen LogP contribution is -2.28. The molecule has 0 spiro atoms. The Morgan fingerprint density at radius 3 is 1.95 bits per heavy atom. The number of nitrogens with zero attached hydrogens (tertiary/aromatic N) is 1. The maximum absolute atomic E-state index is 14.2. The molecule has 21 heavy (non-hydrogen) atoms.